The summed E-state index contributed by atoms with van der Waals surface area (Å²) in [6, 6.07) is 6.10. The molecule has 3 rings (SSSR count). The smallest absolute Gasteiger partial charge is 0.280 e. The molecule has 2 aromatic rings. The zero-order chi connectivity index (χ0) is 16.6. The fraction of sp³-hybridized carbons (Fsp3) is 0.312. The summed E-state index contributed by atoms with van der Waals surface area (Å²) >= 11 is 5.91. The van der Waals surface area contributed by atoms with Crippen LogP contribution in [0, 0.1) is 6.92 Å². The molecule has 0 bridgehead atoms. The maximum absolute atomic E-state index is 13.0. The quantitative estimate of drug-likeness (QED) is 0.893. The molecule has 1 amide bonds. The first-order valence-corrected chi connectivity index (χ1v) is 7.56. The highest BCUT2D eigenvalue weighted by atomic mass is 35.5. The van der Waals surface area contributed by atoms with Crippen LogP contribution in [0.3, 0.4) is 0 Å². The maximum Gasteiger partial charge on any atom is 0.280 e. The predicted octanol–water partition coefficient (Wildman–Crippen LogP) is 4.51. The molecule has 1 aromatic carbocycles. The van der Waals surface area contributed by atoms with Crippen molar-refractivity contribution >= 4 is 23.2 Å². The number of nitrogens with one attached hydrogen (secondary N) is 1. The van der Waals surface area contributed by atoms with Crippen LogP contribution in [-0.2, 0) is 0 Å². The van der Waals surface area contributed by atoms with Crippen molar-refractivity contribution in [3.8, 4) is 0 Å². The van der Waals surface area contributed by atoms with E-state index in [1.165, 1.54) is 0 Å². The second-order valence-electron chi connectivity index (χ2n) is 5.52. The Bertz CT molecular complexity index is 743. The lowest BCUT2D eigenvalue weighted by atomic mass is 10.2. The molecular formula is C16H14ClF2N3O. The second-order valence-corrected chi connectivity index (χ2v) is 5.96. The first-order valence-electron chi connectivity index (χ1n) is 7.18. The molecule has 23 heavy (non-hydrogen) atoms. The van der Waals surface area contributed by atoms with Gasteiger partial charge in [-0.3, -0.25) is 4.79 Å². The zero-order valence-corrected chi connectivity index (χ0v) is 13.1. The van der Waals surface area contributed by atoms with Gasteiger partial charge >= 0.3 is 0 Å². The number of aromatic nitrogens is 2. The SMILES string of the molecule is Cc1ccc(Cl)cc1NC(=O)c1cc(C(F)F)nc(C2CC2)n1. The Morgan fingerprint density at radius 2 is 2.04 bits per heavy atom. The largest absolute Gasteiger partial charge is 0.320 e. The minimum Gasteiger partial charge on any atom is -0.320 e. The number of benzene rings is 1. The molecule has 1 saturated carbocycles. The summed E-state index contributed by atoms with van der Waals surface area (Å²) in [6.07, 6.45) is -1.02. The highest BCUT2D eigenvalue weighted by molar-refractivity contribution is 6.31. The summed E-state index contributed by atoms with van der Waals surface area (Å²) in [4.78, 5) is 20.3. The van der Waals surface area contributed by atoms with E-state index in [0.29, 0.717) is 16.5 Å². The zero-order valence-electron chi connectivity index (χ0n) is 12.3. The van der Waals surface area contributed by atoms with E-state index >= 15 is 0 Å². The molecular weight excluding hydrogens is 324 g/mol. The van der Waals surface area contributed by atoms with Crippen molar-refractivity contribution in [2.45, 2.75) is 32.1 Å². The van der Waals surface area contributed by atoms with E-state index in [1.54, 1.807) is 18.2 Å². The van der Waals surface area contributed by atoms with Crippen molar-refractivity contribution in [2.24, 2.45) is 0 Å². The summed E-state index contributed by atoms with van der Waals surface area (Å²) in [7, 11) is 0. The third kappa shape index (κ3) is 3.64. The predicted molar refractivity (Wildman–Crippen MR) is 83.1 cm³/mol. The summed E-state index contributed by atoms with van der Waals surface area (Å²) in [5, 5.41) is 3.13. The average Bonchev–Trinajstić information content (AvgIpc) is 3.35. The molecule has 1 N–H and O–H groups in total. The van der Waals surface area contributed by atoms with E-state index in [9.17, 15) is 13.6 Å². The Hall–Kier alpha value is -2.08. The number of alkyl halides is 2. The van der Waals surface area contributed by atoms with Gasteiger partial charge in [-0.25, -0.2) is 18.7 Å². The van der Waals surface area contributed by atoms with E-state index in [-0.39, 0.29) is 11.6 Å². The van der Waals surface area contributed by atoms with Gasteiger partial charge in [0, 0.05) is 16.6 Å². The molecule has 0 aliphatic heterocycles. The van der Waals surface area contributed by atoms with Crippen LogP contribution in [0.2, 0.25) is 5.02 Å². The molecule has 0 spiro atoms. The van der Waals surface area contributed by atoms with Gasteiger partial charge < -0.3 is 5.32 Å². The van der Waals surface area contributed by atoms with Gasteiger partial charge in [0.15, 0.2) is 0 Å². The summed E-state index contributed by atoms with van der Waals surface area (Å²) in [5.41, 5.74) is 0.854. The molecule has 4 nitrogen and oxygen atoms in total. The van der Waals surface area contributed by atoms with E-state index < -0.39 is 18.0 Å². The van der Waals surface area contributed by atoms with Gasteiger partial charge in [-0.15, -0.1) is 0 Å². The molecule has 1 aromatic heterocycles. The van der Waals surface area contributed by atoms with Crippen LogP contribution in [0.4, 0.5) is 14.5 Å². The van der Waals surface area contributed by atoms with Crippen LogP contribution in [-0.4, -0.2) is 15.9 Å². The first-order chi connectivity index (χ1) is 10.9. The highest BCUT2D eigenvalue weighted by Crippen LogP contribution is 2.38. The normalized spacial score (nSPS) is 14.1. The summed E-state index contributed by atoms with van der Waals surface area (Å²) < 4.78 is 26.0. The van der Waals surface area contributed by atoms with E-state index in [0.717, 1.165) is 24.5 Å². The third-order valence-corrected chi connectivity index (χ3v) is 3.84. The number of halogens is 3. The van der Waals surface area contributed by atoms with E-state index in [2.05, 4.69) is 15.3 Å². The maximum atomic E-state index is 13.0. The number of anilines is 1. The van der Waals surface area contributed by atoms with Crippen LogP contribution < -0.4 is 5.32 Å². The van der Waals surface area contributed by atoms with Crippen molar-refractivity contribution in [3.05, 3.63) is 52.1 Å². The van der Waals surface area contributed by atoms with Crippen molar-refractivity contribution < 1.29 is 13.6 Å². The van der Waals surface area contributed by atoms with Crippen molar-refractivity contribution in [1.29, 1.82) is 0 Å². The Balaban J connectivity index is 1.90. The van der Waals surface area contributed by atoms with Gasteiger partial charge in [-0.05, 0) is 43.5 Å². The molecule has 1 aliphatic carbocycles. The van der Waals surface area contributed by atoms with Gasteiger partial charge in [0.2, 0.25) is 0 Å². The monoisotopic (exact) mass is 337 g/mol. The van der Waals surface area contributed by atoms with Gasteiger partial charge in [0.1, 0.15) is 17.2 Å². The Morgan fingerprint density at radius 1 is 1.30 bits per heavy atom. The number of rotatable bonds is 4. The third-order valence-electron chi connectivity index (χ3n) is 3.61. The number of carbonyl (C=O) groups is 1. The molecule has 0 unspecified atom stereocenters. The number of hydrogen-bond donors (Lipinski definition) is 1. The van der Waals surface area contributed by atoms with Crippen LogP contribution in [0.15, 0.2) is 24.3 Å². The fourth-order valence-electron chi connectivity index (χ4n) is 2.15. The molecule has 0 atom stereocenters. The van der Waals surface area contributed by atoms with E-state index in [1.807, 2.05) is 6.92 Å². The number of aryl methyl sites for hydroxylation is 1. The van der Waals surface area contributed by atoms with Crippen molar-refractivity contribution in [2.75, 3.05) is 5.32 Å². The number of nitrogens with zero attached hydrogens (tertiary/aromatic N) is 2. The lowest BCUT2D eigenvalue weighted by Gasteiger charge is -2.10. The minimum absolute atomic E-state index is 0.0587. The lowest BCUT2D eigenvalue weighted by molar-refractivity contribution is 0.102. The van der Waals surface area contributed by atoms with E-state index in [4.69, 9.17) is 11.6 Å². The highest BCUT2D eigenvalue weighted by Gasteiger charge is 2.29. The standard InChI is InChI=1S/C16H14ClF2N3O/c1-8-2-5-10(17)6-11(8)22-16(23)13-7-12(14(18)19)20-15(21-13)9-3-4-9/h2,5-7,9,14H,3-4H2,1H3,(H,22,23). The van der Waals surface area contributed by atoms with Crippen LogP contribution in [0.25, 0.3) is 0 Å². The van der Waals surface area contributed by atoms with Crippen molar-refractivity contribution in [3.63, 3.8) is 0 Å². The molecule has 0 radical (unpaired) electrons. The number of carbonyl (C=O) groups excluding carboxylic acids is 1. The van der Waals surface area contributed by atoms with Gasteiger partial charge in [0.05, 0.1) is 0 Å². The number of amides is 1. The van der Waals surface area contributed by atoms with Gasteiger partial charge in [0.25, 0.3) is 12.3 Å². The summed E-state index contributed by atoms with van der Waals surface area (Å²) in [6.45, 7) is 1.81. The minimum atomic E-state index is -2.74. The molecule has 1 aliphatic rings. The Morgan fingerprint density at radius 3 is 2.70 bits per heavy atom. The topological polar surface area (TPSA) is 54.9 Å². The first kappa shape index (κ1) is 15.8. The summed E-state index contributed by atoms with van der Waals surface area (Å²) in [5.74, 6) is -0.162. The molecule has 0 saturated heterocycles. The Kier molecular flexibility index (Phi) is 4.26. The average molecular weight is 338 g/mol. The van der Waals surface area contributed by atoms with Gasteiger partial charge in [-0.1, -0.05) is 17.7 Å². The fourth-order valence-corrected chi connectivity index (χ4v) is 2.32. The van der Waals surface area contributed by atoms with Crippen LogP contribution in [0.5, 0.6) is 0 Å². The second kappa shape index (κ2) is 6.20. The van der Waals surface area contributed by atoms with Crippen LogP contribution >= 0.6 is 11.6 Å². The van der Waals surface area contributed by atoms with Gasteiger partial charge in [-0.2, -0.15) is 0 Å². The molecule has 120 valence electrons. The number of hydrogen-bond acceptors (Lipinski definition) is 3. The van der Waals surface area contributed by atoms with Crippen molar-refractivity contribution in [1.82, 2.24) is 9.97 Å². The molecule has 1 heterocycles. The Labute approximate surface area is 136 Å². The van der Waals surface area contributed by atoms with Crippen LogP contribution in [0.1, 0.15) is 52.8 Å². The lowest BCUT2D eigenvalue weighted by Crippen LogP contribution is -2.17. The molecule has 7 heteroatoms. The molecule has 1 fully saturated rings.